The van der Waals surface area contributed by atoms with Crippen LogP contribution in [0.1, 0.15) is 75.9 Å². The van der Waals surface area contributed by atoms with E-state index in [1.165, 1.54) is 36.2 Å². The summed E-state index contributed by atoms with van der Waals surface area (Å²) in [6.45, 7) is 0. The molecule has 3 unspecified atom stereocenters. The zero-order valence-corrected chi connectivity index (χ0v) is 19.9. The molecular weight excluding hydrogens is 446 g/mol. The van der Waals surface area contributed by atoms with E-state index in [2.05, 4.69) is 47.4 Å². The molecule has 33 heavy (non-hydrogen) atoms. The Morgan fingerprint density at radius 1 is 1.12 bits per heavy atom. The fourth-order valence-corrected chi connectivity index (χ4v) is 6.84. The third-order valence-corrected chi connectivity index (χ3v) is 8.51. The lowest BCUT2D eigenvalue weighted by Gasteiger charge is -2.29. The van der Waals surface area contributed by atoms with Gasteiger partial charge in [-0.05, 0) is 89.9 Å². The Balaban J connectivity index is 1.38. The molecule has 3 aliphatic carbocycles. The number of thiocarbonyl (C=S) groups is 1. The van der Waals surface area contributed by atoms with Crippen LogP contribution in [0.5, 0.6) is 0 Å². The monoisotopic (exact) mass is 471 g/mol. The van der Waals surface area contributed by atoms with Crippen molar-refractivity contribution >= 4 is 47.4 Å². The van der Waals surface area contributed by atoms with Gasteiger partial charge in [0.25, 0.3) is 0 Å². The molecule has 1 N–H and O–H groups in total. The summed E-state index contributed by atoms with van der Waals surface area (Å²) in [5.41, 5.74) is 8.30. The summed E-state index contributed by atoms with van der Waals surface area (Å²) in [6, 6.07) is 12.5. The van der Waals surface area contributed by atoms with Crippen LogP contribution in [-0.4, -0.2) is 22.0 Å². The van der Waals surface area contributed by atoms with Crippen LogP contribution in [0.3, 0.4) is 0 Å². The predicted octanol–water partition coefficient (Wildman–Crippen LogP) is 6.86. The van der Waals surface area contributed by atoms with Crippen LogP contribution in [0.15, 0.2) is 65.9 Å². The van der Waals surface area contributed by atoms with Gasteiger partial charge in [0.05, 0.1) is 10.8 Å². The number of carboxylic acids is 1. The van der Waals surface area contributed by atoms with E-state index in [4.69, 9.17) is 24.8 Å². The van der Waals surface area contributed by atoms with Crippen molar-refractivity contribution < 1.29 is 9.90 Å². The normalized spacial score (nSPS) is 26.4. The number of hydrogen-bond donors (Lipinski definition) is 2. The number of carboxylic acid groups (broad SMARTS) is 1. The Hall–Kier alpha value is -2.63. The van der Waals surface area contributed by atoms with E-state index >= 15 is 0 Å². The summed E-state index contributed by atoms with van der Waals surface area (Å²) in [4.78, 5) is 14.7. The summed E-state index contributed by atoms with van der Waals surface area (Å²) in [5.74, 6) is -0.363. The number of allylic oxidation sites excluding steroid dienone is 3. The van der Waals surface area contributed by atoms with Gasteiger partial charge in [-0.1, -0.05) is 42.9 Å². The van der Waals surface area contributed by atoms with Crippen molar-refractivity contribution in [2.75, 3.05) is 4.90 Å². The van der Waals surface area contributed by atoms with E-state index < -0.39 is 5.97 Å². The second-order valence-corrected chi connectivity index (χ2v) is 10.3. The highest BCUT2D eigenvalue weighted by molar-refractivity contribution is 7.83. The minimum Gasteiger partial charge on any atom is -0.478 e. The van der Waals surface area contributed by atoms with Crippen LogP contribution < -0.4 is 4.90 Å². The number of anilines is 1. The molecule has 1 heterocycles. The van der Waals surface area contributed by atoms with Crippen LogP contribution in [-0.2, 0) is 0 Å². The Labute approximate surface area is 204 Å². The van der Waals surface area contributed by atoms with Crippen molar-refractivity contribution in [3.63, 3.8) is 0 Å². The molecule has 1 saturated carbocycles. The van der Waals surface area contributed by atoms with E-state index in [-0.39, 0.29) is 10.8 Å². The molecule has 5 heteroatoms. The van der Waals surface area contributed by atoms with Crippen LogP contribution in [0.4, 0.5) is 5.69 Å². The standard InChI is InChI=1S/C28H25NO2S2/c30-28(31)17-10-11-20-22(15-17)27(33)23(26(20)32)14-16-9-12-25-21(13-16)19-7-4-8-24(19)29(25)18-5-2-1-3-6-18/h2,5-6,9-15,19,24,26,32H,1,3-4,7-8H2,(H,30,31)/b23-14+. The van der Waals surface area contributed by atoms with Crippen molar-refractivity contribution in [3.05, 3.63) is 93.7 Å². The molecule has 1 fully saturated rings. The van der Waals surface area contributed by atoms with Crippen molar-refractivity contribution in [1.29, 1.82) is 0 Å². The summed E-state index contributed by atoms with van der Waals surface area (Å²) < 4.78 is 0. The van der Waals surface area contributed by atoms with Crippen LogP contribution >= 0.6 is 24.8 Å². The summed E-state index contributed by atoms with van der Waals surface area (Å²) in [6.07, 6.45) is 15.1. The van der Waals surface area contributed by atoms with Crippen LogP contribution in [0.2, 0.25) is 0 Å². The first-order valence-corrected chi connectivity index (χ1v) is 12.6. The maximum Gasteiger partial charge on any atom is 0.335 e. The number of rotatable bonds is 3. The summed E-state index contributed by atoms with van der Waals surface area (Å²) >= 11 is 10.6. The van der Waals surface area contributed by atoms with Crippen molar-refractivity contribution in [2.45, 2.75) is 49.3 Å². The number of hydrogen-bond acceptors (Lipinski definition) is 4. The lowest BCUT2D eigenvalue weighted by Crippen LogP contribution is -2.30. The van der Waals surface area contributed by atoms with E-state index in [0.717, 1.165) is 35.1 Å². The zero-order chi connectivity index (χ0) is 22.7. The highest BCUT2D eigenvalue weighted by Crippen LogP contribution is 2.52. The third kappa shape index (κ3) is 3.32. The first-order valence-electron chi connectivity index (χ1n) is 11.6. The van der Waals surface area contributed by atoms with Gasteiger partial charge in [-0.25, -0.2) is 4.79 Å². The van der Waals surface area contributed by atoms with E-state index in [1.54, 1.807) is 12.1 Å². The molecule has 166 valence electrons. The van der Waals surface area contributed by atoms with Gasteiger partial charge >= 0.3 is 5.97 Å². The number of aromatic carboxylic acids is 1. The van der Waals surface area contributed by atoms with Crippen LogP contribution in [0, 0.1) is 0 Å². The smallest absolute Gasteiger partial charge is 0.335 e. The molecule has 6 rings (SSSR count). The Morgan fingerprint density at radius 2 is 2.00 bits per heavy atom. The lowest BCUT2D eigenvalue weighted by molar-refractivity contribution is 0.0697. The average molecular weight is 472 g/mol. The molecule has 0 spiro atoms. The zero-order valence-electron chi connectivity index (χ0n) is 18.2. The number of fused-ring (bicyclic) bond motifs is 4. The molecule has 0 bridgehead atoms. The van der Waals surface area contributed by atoms with Crippen molar-refractivity contribution in [3.8, 4) is 0 Å². The topological polar surface area (TPSA) is 40.5 Å². The van der Waals surface area contributed by atoms with Gasteiger partial charge in [-0.15, -0.1) is 0 Å². The molecule has 3 nitrogen and oxygen atoms in total. The SMILES string of the molecule is O=C(O)c1ccc2c(c1)C(=S)/C(=C/c1ccc3c(c1)C1CCCC1N3C1=CCCC=C1)C2S. The lowest BCUT2D eigenvalue weighted by atomic mass is 9.95. The minimum absolute atomic E-state index is 0.142. The molecule has 0 aromatic heterocycles. The first kappa shape index (κ1) is 20.9. The maximum atomic E-state index is 11.4. The van der Waals surface area contributed by atoms with Gasteiger partial charge in [-0.3, -0.25) is 0 Å². The Bertz CT molecular complexity index is 1290. The third-order valence-electron chi connectivity index (χ3n) is 7.49. The van der Waals surface area contributed by atoms with E-state index in [0.29, 0.717) is 16.8 Å². The molecule has 1 aliphatic heterocycles. The van der Waals surface area contributed by atoms with Gasteiger partial charge in [0, 0.05) is 28.2 Å². The molecule has 2 aromatic carbocycles. The molecule has 3 atom stereocenters. The summed E-state index contributed by atoms with van der Waals surface area (Å²) in [7, 11) is 0. The van der Waals surface area contributed by atoms with E-state index in [9.17, 15) is 9.90 Å². The maximum absolute atomic E-state index is 11.4. The van der Waals surface area contributed by atoms with Gasteiger partial charge in [0.15, 0.2) is 0 Å². The Morgan fingerprint density at radius 3 is 2.79 bits per heavy atom. The number of thiol groups is 1. The van der Waals surface area contributed by atoms with Gasteiger partial charge < -0.3 is 10.0 Å². The van der Waals surface area contributed by atoms with Crippen LogP contribution in [0.25, 0.3) is 6.08 Å². The highest BCUT2D eigenvalue weighted by atomic mass is 32.1. The second kappa shape index (κ2) is 8.00. The predicted molar refractivity (Wildman–Crippen MR) is 141 cm³/mol. The molecular formula is C28H25NO2S2. The van der Waals surface area contributed by atoms with Crippen molar-refractivity contribution in [1.82, 2.24) is 0 Å². The van der Waals surface area contributed by atoms with Gasteiger partial charge in [0.2, 0.25) is 0 Å². The minimum atomic E-state index is -0.939. The average Bonchev–Trinajstić information content (AvgIpc) is 3.48. The molecule has 0 radical (unpaired) electrons. The quantitative estimate of drug-likeness (QED) is 0.291. The van der Waals surface area contributed by atoms with E-state index in [1.807, 2.05) is 6.07 Å². The fraction of sp³-hybridized carbons (Fsp3) is 0.286. The Kier molecular flexibility index (Phi) is 5.07. The largest absolute Gasteiger partial charge is 0.478 e. The summed E-state index contributed by atoms with van der Waals surface area (Å²) in [5, 5.41) is 9.22. The van der Waals surface area contributed by atoms with Gasteiger partial charge in [0.1, 0.15) is 0 Å². The molecule has 0 amide bonds. The van der Waals surface area contributed by atoms with Gasteiger partial charge in [-0.2, -0.15) is 12.6 Å². The first-order chi connectivity index (χ1) is 16.0. The number of carbonyl (C=O) groups is 1. The second-order valence-electron chi connectivity index (χ2n) is 9.34. The molecule has 2 aromatic rings. The van der Waals surface area contributed by atoms with Crippen molar-refractivity contribution in [2.24, 2.45) is 0 Å². The fourth-order valence-electron chi connectivity index (χ4n) is 5.97. The molecule has 4 aliphatic rings. The number of nitrogens with zero attached hydrogens (tertiary/aromatic N) is 1. The molecule has 0 saturated heterocycles. The highest BCUT2D eigenvalue weighted by Gasteiger charge is 2.42. The number of benzene rings is 2.